The molecule has 0 saturated carbocycles. The van der Waals surface area contributed by atoms with Gasteiger partial charge in [-0.15, -0.1) is 0 Å². The van der Waals surface area contributed by atoms with E-state index in [0.717, 1.165) is 6.07 Å². The molecule has 0 aliphatic carbocycles. The van der Waals surface area contributed by atoms with Crippen LogP contribution < -0.4 is 9.64 Å². The number of hydrogen-bond acceptors (Lipinski definition) is 8. The summed E-state index contributed by atoms with van der Waals surface area (Å²) in [6.07, 6.45) is 4.85. The van der Waals surface area contributed by atoms with Crippen LogP contribution in [0.5, 0.6) is 11.8 Å². The average Bonchev–Trinajstić information content (AvgIpc) is 2.94. The van der Waals surface area contributed by atoms with Crippen LogP contribution in [0, 0.1) is 11.6 Å². The van der Waals surface area contributed by atoms with Crippen LogP contribution in [0.4, 0.5) is 14.6 Å². The van der Waals surface area contributed by atoms with Gasteiger partial charge in [-0.05, 0) is 37.3 Å². The molecule has 3 heterocycles. The van der Waals surface area contributed by atoms with Gasteiger partial charge in [-0.25, -0.2) is 18.7 Å². The fraction of sp³-hybridized carbons (Fsp3) is 0.250. The molecule has 1 atom stereocenters. The molecule has 1 aliphatic heterocycles. The van der Waals surface area contributed by atoms with Gasteiger partial charge in [0.2, 0.25) is 5.91 Å². The highest BCUT2D eigenvalue weighted by Crippen LogP contribution is 2.42. The molecule has 0 radical (unpaired) electrons. The van der Waals surface area contributed by atoms with Gasteiger partial charge in [0, 0.05) is 55.4 Å². The van der Waals surface area contributed by atoms with E-state index in [1.165, 1.54) is 24.3 Å². The molecule has 1 fully saturated rings. The molecule has 4 aromatic rings. The molecule has 2 aromatic carbocycles. The number of hydrogen-bond donors (Lipinski definition) is 1. The van der Waals surface area contributed by atoms with E-state index in [4.69, 9.17) is 16.3 Å². The first kappa shape index (κ1) is 27.2. The maximum absolute atomic E-state index is 16.2. The molecule has 5 rings (SSSR count). The van der Waals surface area contributed by atoms with E-state index in [9.17, 15) is 14.3 Å². The average molecular weight is 567 g/mol. The van der Waals surface area contributed by atoms with Crippen LogP contribution in [0.1, 0.15) is 12.7 Å². The Morgan fingerprint density at radius 1 is 1.20 bits per heavy atom. The molecule has 2 aromatic heterocycles. The molecular formula is C28H25ClF2N6O3. The summed E-state index contributed by atoms with van der Waals surface area (Å²) in [5.74, 6) is -1.53. The quantitative estimate of drug-likeness (QED) is 0.324. The third-order valence-corrected chi connectivity index (χ3v) is 6.94. The Hall–Kier alpha value is -4.38. The van der Waals surface area contributed by atoms with E-state index in [-0.39, 0.29) is 51.6 Å². The molecule has 1 N–H and O–H groups in total. The zero-order chi connectivity index (χ0) is 28.4. The third-order valence-electron chi connectivity index (χ3n) is 6.64. The fourth-order valence-electron chi connectivity index (χ4n) is 4.74. The number of aromatic hydroxyl groups is 1. The third kappa shape index (κ3) is 5.24. The Morgan fingerprint density at radius 3 is 2.67 bits per heavy atom. The van der Waals surface area contributed by atoms with Crippen molar-refractivity contribution in [3.63, 3.8) is 0 Å². The predicted molar refractivity (Wildman–Crippen MR) is 146 cm³/mol. The minimum absolute atomic E-state index is 0.111. The Bertz CT molecular complexity index is 1570. The van der Waals surface area contributed by atoms with Crippen molar-refractivity contribution in [2.24, 2.45) is 0 Å². The minimum Gasteiger partial charge on any atom is -0.507 e. The van der Waals surface area contributed by atoms with Crippen LogP contribution in [-0.2, 0) is 11.2 Å². The van der Waals surface area contributed by atoms with Gasteiger partial charge in [0.05, 0.1) is 17.2 Å². The Labute approximate surface area is 233 Å². The number of piperazine rings is 1. The van der Waals surface area contributed by atoms with Crippen molar-refractivity contribution >= 4 is 34.2 Å². The lowest BCUT2D eigenvalue weighted by Gasteiger charge is -2.40. The van der Waals surface area contributed by atoms with Crippen molar-refractivity contribution < 1.29 is 23.4 Å². The van der Waals surface area contributed by atoms with Crippen molar-refractivity contribution in [1.29, 1.82) is 0 Å². The van der Waals surface area contributed by atoms with Crippen LogP contribution in [-0.4, -0.2) is 68.1 Å². The van der Waals surface area contributed by atoms with E-state index in [0.29, 0.717) is 37.7 Å². The molecule has 0 bridgehead atoms. The van der Waals surface area contributed by atoms with Crippen molar-refractivity contribution in [3.05, 3.63) is 77.9 Å². The first-order valence-electron chi connectivity index (χ1n) is 12.5. The zero-order valence-corrected chi connectivity index (χ0v) is 22.3. The highest BCUT2D eigenvalue weighted by Gasteiger charge is 2.30. The number of nitrogens with zero attached hydrogens (tertiary/aromatic N) is 6. The summed E-state index contributed by atoms with van der Waals surface area (Å²) in [5, 5.41) is 10.5. The molecule has 1 unspecified atom stereocenters. The lowest BCUT2D eigenvalue weighted by Crippen LogP contribution is -2.54. The van der Waals surface area contributed by atoms with Crippen molar-refractivity contribution in [3.8, 4) is 22.9 Å². The van der Waals surface area contributed by atoms with E-state index in [2.05, 4.69) is 26.5 Å². The molecule has 1 saturated heterocycles. The number of anilines is 1. The van der Waals surface area contributed by atoms with Crippen LogP contribution in [0.15, 0.2) is 55.4 Å². The number of amides is 1. The standard InChI is InChI=1S/C28H25ClF2N6O3/c1-3-22(39)37-12-11-36(15-16(37)2)27-17-14-18(29)23(24-19(30)6-4-7-20(24)38)25(31)26(17)34-28(35-27)40-13-8-21-32-9-5-10-33-21/h3-7,9-10,14,16,38H,1,8,11-13,15H2,2H3. The predicted octanol–water partition coefficient (Wildman–Crippen LogP) is 4.57. The van der Waals surface area contributed by atoms with Crippen LogP contribution in [0.2, 0.25) is 5.02 Å². The Morgan fingerprint density at radius 2 is 1.98 bits per heavy atom. The first-order chi connectivity index (χ1) is 19.3. The fourth-order valence-corrected chi connectivity index (χ4v) is 5.03. The number of benzene rings is 2. The van der Waals surface area contributed by atoms with E-state index in [1.54, 1.807) is 23.4 Å². The SMILES string of the molecule is C=CC(=O)N1CCN(c2nc(OCCc3ncccn3)nc3c(F)c(-c4c(O)cccc4F)c(Cl)cc23)CC1C. The maximum Gasteiger partial charge on any atom is 0.319 e. The highest BCUT2D eigenvalue weighted by atomic mass is 35.5. The number of ether oxygens (including phenoxy) is 1. The molecule has 206 valence electrons. The number of halogens is 3. The van der Waals surface area contributed by atoms with Crippen molar-refractivity contribution in [2.75, 3.05) is 31.1 Å². The number of fused-ring (bicyclic) bond motifs is 1. The normalized spacial score (nSPS) is 15.3. The summed E-state index contributed by atoms with van der Waals surface area (Å²) in [6.45, 7) is 6.73. The van der Waals surface area contributed by atoms with Gasteiger partial charge in [0.15, 0.2) is 5.82 Å². The Kier molecular flexibility index (Phi) is 7.74. The van der Waals surface area contributed by atoms with E-state index < -0.39 is 17.4 Å². The molecule has 40 heavy (non-hydrogen) atoms. The van der Waals surface area contributed by atoms with Gasteiger partial charge < -0.3 is 19.6 Å². The molecule has 9 nitrogen and oxygen atoms in total. The summed E-state index contributed by atoms with van der Waals surface area (Å²) in [4.78, 5) is 33.0. The molecule has 0 spiro atoms. The topological polar surface area (TPSA) is 105 Å². The number of rotatable bonds is 7. The lowest BCUT2D eigenvalue weighted by atomic mass is 10.0. The van der Waals surface area contributed by atoms with Crippen LogP contribution in [0.25, 0.3) is 22.0 Å². The van der Waals surface area contributed by atoms with E-state index in [1.807, 2.05) is 11.8 Å². The van der Waals surface area contributed by atoms with E-state index >= 15 is 4.39 Å². The Balaban J connectivity index is 1.59. The van der Waals surface area contributed by atoms with Crippen molar-refractivity contribution in [1.82, 2.24) is 24.8 Å². The van der Waals surface area contributed by atoms with Gasteiger partial charge in [-0.2, -0.15) is 9.97 Å². The number of carbonyl (C=O) groups is 1. The second-order valence-electron chi connectivity index (χ2n) is 9.20. The first-order valence-corrected chi connectivity index (χ1v) is 12.9. The lowest BCUT2D eigenvalue weighted by molar-refractivity contribution is -0.128. The maximum atomic E-state index is 16.2. The number of aromatic nitrogens is 4. The molecule has 1 aliphatic rings. The summed E-state index contributed by atoms with van der Waals surface area (Å²) in [7, 11) is 0. The smallest absolute Gasteiger partial charge is 0.319 e. The summed E-state index contributed by atoms with van der Waals surface area (Å²) in [5.41, 5.74) is -0.857. The molecule has 1 amide bonds. The van der Waals surface area contributed by atoms with Crippen LogP contribution >= 0.6 is 11.6 Å². The monoisotopic (exact) mass is 566 g/mol. The minimum atomic E-state index is -0.934. The van der Waals surface area contributed by atoms with Crippen LogP contribution in [0.3, 0.4) is 0 Å². The number of phenolic OH excluding ortho intramolecular Hbond substituents is 1. The largest absolute Gasteiger partial charge is 0.507 e. The number of carbonyl (C=O) groups excluding carboxylic acids is 1. The van der Waals surface area contributed by atoms with Gasteiger partial charge in [0.1, 0.15) is 28.7 Å². The van der Waals surface area contributed by atoms with Gasteiger partial charge >= 0.3 is 6.01 Å². The zero-order valence-electron chi connectivity index (χ0n) is 21.5. The van der Waals surface area contributed by atoms with Crippen molar-refractivity contribution in [2.45, 2.75) is 19.4 Å². The molecular weight excluding hydrogens is 542 g/mol. The van der Waals surface area contributed by atoms with Gasteiger partial charge in [0.25, 0.3) is 0 Å². The second-order valence-corrected chi connectivity index (χ2v) is 9.61. The second kappa shape index (κ2) is 11.4. The van der Waals surface area contributed by atoms with Gasteiger partial charge in [-0.3, -0.25) is 4.79 Å². The van der Waals surface area contributed by atoms with Gasteiger partial charge in [-0.1, -0.05) is 24.2 Å². The summed E-state index contributed by atoms with van der Waals surface area (Å²) >= 11 is 6.50. The summed E-state index contributed by atoms with van der Waals surface area (Å²) in [6, 6.07) is 6.50. The molecule has 12 heteroatoms. The number of phenols is 1. The highest BCUT2D eigenvalue weighted by molar-refractivity contribution is 6.34. The summed E-state index contributed by atoms with van der Waals surface area (Å²) < 4.78 is 36.7.